The molecule has 1 atom stereocenters. The van der Waals surface area contributed by atoms with Crippen molar-refractivity contribution >= 4 is 33.6 Å². The number of pyridine rings is 3. The molecule has 0 spiro atoms. The van der Waals surface area contributed by atoms with E-state index >= 15 is 0 Å². The molecule has 3 aromatic heterocycles. The molecule has 0 fully saturated rings. The van der Waals surface area contributed by atoms with Crippen molar-refractivity contribution in [3.8, 4) is 0 Å². The Morgan fingerprint density at radius 2 is 1.77 bits per heavy atom. The molecule has 2 N–H and O–H groups in total. The Morgan fingerprint density at radius 1 is 0.923 bits per heavy atom. The topological polar surface area (TPSA) is 77.0 Å². The molecule has 0 saturated heterocycles. The number of para-hydroxylation sites is 1. The van der Waals surface area contributed by atoms with Crippen molar-refractivity contribution < 1.29 is 0 Å². The number of rotatable bonds is 4. The fraction of sp³-hybridized carbons (Fsp3) is 0.143. The molecule has 3 heterocycles. The summed E-state index contributed by atoms with van der Waals surface area (Å²) < 4.78 is 0. The van der Waals surface area contributed by atoms with Crippen LogP contribution in [0, 0.1) is 5.92 Å². The molecule has 4 rings (SSSR count). The fourth-order valence-corrected chi connectivity index (χ4v) is 2.89. The van der Waals surface area contributed by atoms with Crippen LogP contribution in [-0.2, 0) is 6.42 Å². The highest BCUT2D eigenvalue weighted by Gasteiger charge is 2.10. The molecule has 4 aromatic rings. The van der Waals surface area contributed by atoms with E-state index in [2.05, 4.69) is 34.0 Å². The van der Waals surface area contributed by atoms with Gasteiger partial charge in [-0.05, 0) is 42.8 Å². The van der Waals surface area contributed by atoms with Gasteiger partial charge in [0.05, 0.1) is 16.6 Å². The summed E-state index contributed by atoms with van der Waals surface area (Å²) in [7, 11) is 0. The van der Waals surface area contributed by atoms with E-state index in [-0.39, 0.29) is 5.92 Å². The SMILES string of the molecule is CC(Cc1ccc2ccccc2n1)C(N)=Nc1ccc2ncccc2n1. The number of hydrogen-bond acceptors (Lipinski definition) is 4. The summed E-state index contributed by atoms with van der Waals surface area (Å²) in [6, 6.07) is 19.8. The largest absolute Gasteiger partial charge is 0.387 e. The second-order valence-electron chi connectivity index (χ2n) is 6.35. The van der Waals surface area contributed by atoms with Gasteiger partial charge in [0.15, 0.2) is 5.82 Å². The molecule has 0 bridgehead atoms. The molecule has 128 valence electrons. The van der Waals surface area contributed by atoms with Crippen molar-refractivity contribution in [1.82, 2.24) is 15.0 Å². The third kappa shape index (κ3) is 3.37. The van der Waals surface area contributed by atoms with Crippen LogP contribution in [0.25, 0.3) is 21.9 Å². The average molecular weight is 341 g/mol. The van der Waals surface area contributed by atoms with Gasteiger partial charge in [0, 0.05) is 23.2 Å². The highest BCUT2D eigenvalue weighted by molar-refractivity contribution is 5.86. The normalized spacial score (nSPS) is 13.2. The van der Waals surface area contributed by atoms with Crippen molar-refractivity contribution in [2.45, 2.75) is 13.3 Å². The van der Waals surface area contributed by atoms with Crippen molar-refractivity contribution in [3.05, 3.63) is 72.6 Å². The minimum atomic E-state index is 0.0649. The molecule has 0 saturated carbocycles. The second-order valence-corrected chi connectivity index (χ2v) is 6.35. The Bertz CT molecular complexity index is 1100. The number of nitrogens with two attached hydrogens (primary N) is 1. The Morgan fingerprint density at radius 3 is 2.69 bits per heavy atom. The van der Waals surface area contributed by atoms with Crippen LogP contribution in [0.2, 0.25) is 0 Å². The number of hydrogen-bond donors (Lipinski definition) is 1. The third-order valence-corrected chi connectivity index (χ3v) is 4.36. The van der Waals surface area contributed by atoms with Crippen LogP contribution in [0.15, 0.2) is 71.9 Å². The van der Waals surface area contributed by atoms with E-state index in [9.17, 15) is 0 Å². The highest BCUT2D eigenvalue weighted by Crippen LogP contribution is 2.17. The van der Waals surface area contributed by atoms with E-state index in [4.69, 9.17) is 10.7 Å². The lowest BCUT2D eigenvalue weighted by atomic mass is 10.0. The number of aliphatic imine (C=N–C) groups is 1. The van der Waals surface area contributed by atoms with Gasteiger partial charge in [0.2, 0.25) is 0 Å². The van der Waals surface area contributed by atoms with Gasteiger partial charge in [-0.1, -0.05) is 31.2 Å². The zero-order chi connectivity index (χ0) is 17.9. The lowest BCUT2D eigenvalue weighted by Crippen LogP contribution is -2.23. The zero-order valence-corrected chi connectivity index (χ0v) is 14.5. The summed E-state index contributed by atoms with van der Waals surface area (Å²) >= 11 is 0. The minimum Gasteiger partial charge on any atom is -0.387 e. The van der Waals surface area contributed by atoms with Gasteiger partial charge in [-0.3, -0.25) is 9.97 Å². The average Bonchev–Trinajstić information content (AvgIpc) is 2.67. The van der Waals surface area contributed by atoms with E-state index in [1.807, 2.05) is 48.5 Å². The number of aromatic nitrogens is 3. The molecule has 0 aliphatic heterocycles. The summed E-state index contributed by atoms with van der Waals surface area (Å²) in [5.74, 6) is 1.21. The molecule has 0 aliphatic rings. The molecular formula is C21H19N5. The summed E-state index contributed by atoms with van der Waals surface area (Å²) in [5.41, 5.74) is 9.88. The van der Waals surface area contributed by atoms with E-state index in [1.165, 1.54) is 0 Å². The van der Waals surface area contributed by atoms with Crippen molar-refractivity contribution in [1.29, 1.82) is 0 Å². The molecule has 0 aliphatic carbocycles. The van der Waals surface area contributed by atoms with Crippen molar-refractivity contribution in [3.63, 3.8) is 0 Å². The Balaban J connectivity index is 1.55. The summed E-state index contributed by atoms with van der Waals surface area (Å²) in [6.07, 6.45) is 2.48. The highest BCUT2D eigenvalue weighted by atomic mass is 15.0. The van der Waals surface area contributed by atoms with Crippen LogP contribution in [0.1, 0.15) is 12.6 Å². The van der Waals surface area contributed by atoms with Crippen LogP contribution < -0.4 is 5.73 Å². The maximum absolute atomic E-state index is 6.22. The van der Waals surface area contributed by atoms with Gasteiger partial charge in [-0.15, -0.1) is 0 Å². The van der Waals surface area contributed by atoms with E-state index < -0.39 is 0 Å². The number of amidine groups is 1. The maximum Gasteiger partial charge on any atom is 0.154 e. The summed E-state index contributed by atoms with van der Waals surface area (Å²) in [4.78, 5) is 18.0. The molecule has 1 aromatic carbocycles. The van der Waals surface area contributed by atoms with Crippen molar-refractivity contribution in [2.75, 3.05) is 0 Å². The van der Waals surface area contributed by atoms with Crippen molar-refractivity contribution in [2.24, 2.45) is 16.6 Å². The maximum atomic E-state index is 6.22. The van der Waals surface area contributed by atoms with E-state index in [0.717, 1.165) is 34.1 Å². The van der Waals surface area contributed by atoms with Gasteiger partial charge in [-0.2, -0.15) is 0 Å². The van der Waals surface area contributed by atoms with Gasteiger partial charge < -0.3 is 5.73 Å². The van der Waals surface area contributed by atoms with Gasteiger partial charge in [0.1, 0.15) is 5.84 Å². The van der Waals surface area contributed by atoms with Crippen LogP contribution in [0.5, 0.6) is 0 Å². The number of fused-ring (bicyclic) bond motifs is 2. The van der Waals surface area contributed by atoms with Crippen LogP contribution >= 0.6 is 0 Å². The predicted octanol–water partition coefficient (Wildman–Crippen LogP) is 4.05. The van der Waals surface area contributed by atoms with Crippen LogP contribution in [0.4, 0.5) is 5.82 Å². The van der Waals surface area contributed by atoms with E-state index in [0.29, 0.717) is 11.7 Å². The zero-order valence-electron chi connectivity index (χ0n) is 14.5. The Labute approximate surface area is 151 Å². The number of benzene rings is 1. The third-order valence-electron chi connectivity index (χ3n) is 4.36. The van der Waals surface area contributed by atoms with Gasteiger partial charge in [-0.25, -0.2) is 9.98 Å². The second kappa shape index (κ2) is 6.88. The van der Waals surface area contributed by atoms with E-state index in [1.54, 1.807) is 6.20 Å². The molecule has 5 nitrogen and oxygen atoms in total. The van der Waals surface area contributed by atoms with Gasteiger partial charge >= 0.3 is 0 Å². The molecule has 0 radical (unpaired) electrons. The van der Waals surface area contributed by atoms with Crippen LogP contribution in [-0.4, -0.2) is 20.8 Å². The fourth-order valence-electron chi connectivity index (χ4n) is 2.89. The van der Waals surface area contributed by atoms with Crippen LogP contribution in [0.3, 0.4) is 0 Å². The first-order valence-corrected chi connectivity index (χ1v) is 8.59. The van der Waals surface area contributed by atoms with Gasteiger partial charge in [0.25, 0.3) is 0 Å². The predicted molar refractivity (Wildman–Crippen MR) is 105 cm³/mol. The monoisotopic (exact) mass is 341 g/mol. The molecular weight excluding hydrogens is 322 g/mol. The molecule has 26 heavy (non-hydrogen) atoms. The Kier molecular flexibility index (Phi) is 4.27. The summed E-state index contributed by atoms with van der Waals surface area (Å²) in [6.45, 7) is 2.05. The molecule has 5 heteroatoms. The number of nitrogens with zero attached hydrogens (tertiary/aromatic N) is 4. The lowest BCUT2D eigenvalue weighted by Gasteiger charge is -2.11. The first-order valence-electron chi connectivity index (χ1n) is 8.59. The smallest absolute Gasteiger partial charge is 0.154 e. The quantitative estimate of drug-likeness (QED) is 0.449. The first-order chi connectivity index (χ1) is 12.7. The standard InChI is InChI=1S/C21H19N5/c1-14(13-16-9-8-15-5-2-3-6-17(15)24-16)21(22)26-20-11-10-18-19(25-20)7-4-12-23-18/h2-12,14H,13H2,1H3,(H2,22,25,26). The first kappa shape index (κ1) is 16.1. The minimum absolute atomic E-state index is 0.0649. The Hall–Kier alpha value is -3.34. The summed E-state index contributed by atoms with van der Waals surface area (Å²) in [5, 5.41) is 1.14. The molecule has 1 unspecified atom stereocenters. The molecule has 0 amide bonds. The lowest BCUT2D eigenvalue weighted by molar-refractivity contribution is 0.743.